The van der Waals surface area contributed by atoms with Crippen LogP contribution in [0.15, 0.2) is 78.9 Å². The predicted molar refractivity (Wildman–Crippen MR) is 137 cm³/mol. The number of hydrogen-bond donors (Lipinski definition) is 1. The van der Waals surface area contributed by atoms with Crippen LogP contribution in [-0.4, -0.2) is 47.3 Å². The number of nitro groups is 1. The minimum Gasteiger partial charge on any atom is -0.483 e. The van der Waals surface area contributed by atoms with Crippen LogP contribution in [0.3, 0.4) is 0 Å². The van der Waals surface area contributed by atoms with Crippen LogP contribution < -0.4 is 10.1 Å². The average Bonchev–Trinajstić information content (AvgIpc) is 3.05. The lowest BCUT2D eigenvalue weighted by atomic mass is 10.0. The number of nitrogens with zero attached hydrogens (tertiary/aromatic N) is 2. The number of nitrogens with one attached hydrogen (secondary N) is 1. The Morgan fingerprint density at radius 2 is 1.79 bits per heavy atom. The number of rotatable bonds is 9. The van der Waals surface area contributed by atoms with Crippen LogP contribution in [0.25, 0.3) is 0 Å². The van der Waals surface area contributed by atoms with E-state index >= 15 is 0 Å². The summed E-state index contributed by atoms with van der Waals surface area (Å²) in [6, 6.07) is 21.3. The summed E-state index contributed by atoms with van der Waals surface area (Å²) in [7, 11) is 0. The zero-order chi connectivity index (χ0) is 27.1. The summed E-state index contributed by atoms with van der Waals surface area (Å²) in [6.07, 6.45) is -0.692. The number of amides is 2. The summed E-state index contributed by atoms with van der Waals surface area (Å²) < 4.78 is 11.2. The van der Waals surface area contributed by atoms with Crippen molar-refractivity contribution in [2.24, 2.45) is 0 Å². The number of benzene rings is 3. The van der Waals surface area contributed by atoms with Crippen molar-refractivity contribution >= 4 is 23.5 Å². The summed E-state index contributed by atoms with van der Waals surface area (Å²) >= 11 is 0. The summed E-state index contributed by atoms with van der Waals surface area (Å²) in [4.78, 5) is 51.0. The number of esters is 1. The predicted octanol–water partition coefficient (Wildman–Crippen LogP) is 3.98. The first-order valence-corrected chi connectivity index (χ1v) is 12.1. The van der Waals surface area contributed by atoms with E-state index in [0.717, 1.165) is 11.6 Å². The molecule has 0 saturated heterocycles. The third-order valence-corrected chi connectivity index (χ3v) is 6.07. The maximum Gasteiger partial charge on any atom is 0.308 e. The summed E-state index contributed by atoms with van der Waals surface area (Å²) in [5.41, 5.74) is 1.22. The van der Waals surface area contributed by atoms with E-state index < -0.39 is 34.9 Å². The molecule has 2 unspecified atom stereocenters. The molecule has 0 spiro atoms. The van der Waals surface area contributed by atoms with Gasteiger partial charge in [-0.05, 0) is 24.1 Å². The van der Waals surface area contributed by atoms with Crippen molar-refractivity contribution in [1.29, 1.82) is 0 Å². The van der Waals surface area contributed by atoms with Crippen molar-refractivity contribution in [1.82, 2.24) is 10.2 Å². The molecule has 1 aliphatic heterocycles. The van der Waals surface area contributed by atoms with Gasteiger partial charge in [0, 0.05) is 12.1 Å². The number of carbonyl (C=O) groups is 3. The van der Waals surface area contributed by atoms with E-state index in [-0.39, 0.29) is 43.1 Å². The van der Waals surface area contributed by atoms with E-state index in [0.29, 0.717) is 5.56 Å². The van der Waals surface area contributed by atoms with Gasteiger partial charge in [-0.1, -0.05) is 60.7 Å². The van der Waals surface area contributed by atoms with Gasteiger partial charge < -0.3 is 19.7 Å². The summed E-state index contributed by atoms with van der Waals surface area (Å²) in [5.74, 6) is -1.34. The molecule has 10 heteroatoms. The van der Waals surface area contributed by atoms with Gasteiger partial charge in [0.05, 0.1) is 36.1 Å². The summed E-state index contributed by atoms with van der Waals surface area (Å²) in [5, 5.41) is 14.2. The molecule has 1 heterocycles. The highest BCUT2D eigenvalue weighted by atomic mass is 16.6. The lowest BCUT2D eigenvalue weighted by Gasteiger charge is -2.25. The monoisotopic (exact) mass is 517 g/mol. The lowest BCUT2D eigenvalue weighted by molar-refractivity contribution is -0.384. The fourth-order valence-corrected chi connectivity index (χ4v) is 4.26. The Morgan fingerprint density at radius 1 is 1.11 bits per heavy atom. The van der Waals surface area contributed by atoms with Gasteiger partial charge in [-0.2, -0.15) is 0 Å². The highest BCUT2D eigenvalue weighted by molar-refractivity contribution is 5.99. The van der Waals surface area contributed by atoms with Crippen molar-refractivity contribution in [3.8, 4) is 5.75 Å². The van der Waals surface area contributed by atoms with Gasteiger partial charge in [-0.15, -0.1) is 0 Å². The van der Waals surface area contributed by atoms with Crippen LogP contribution in [0, 0.1) is 10.1 Å². The minimum absolute atomic E-state index is 0.00318. The molecule has 4 rings (SSSR count). The Hall–Kier alpha value is -4.73. The van der Waals surface area contributed by atoms with Crippen molar-refractivity contribution in [2.45, 2.75) is 25.5 Å². The number of fused-ring (bicyclic) bond motifs is 1. The Bertz CT molecular complexity index is 1310. The Balaban J connectivity index is 1.60. The molecule has 2 amide bonds. The number of carbonyl (C=O) groups excluding carboxylic acids is 3. The van der Waals surface area contributed by atoms with Gasteiger partial charge in [0.2, 0.25) is 5.91 Å². The van der Waals surface area contributed by atoms with E-state index in [9.17, 15) is 24.5 Å². The Kier molecular flexibility index (Phi) is 8.32. The zero-order valence-electron chi connectivity index (χ0n) is 20.7. The molecule has 1 N–H and O–H groups in total. The molecule has 2 atom stereocenters. The van der Waals surface area contributed by atoms with Crippen LogP contribution in [0.1, 0.15) is 47.0 Å². The van der Waals surface area contributed by atoms with Gasteiger partial charge in [-0.25, -0.2) is 0 Å². The SMILES string of the molecule is CCOC(=O)CC(NC(=O)CN1CC(c2ccccc2)Oc2ccc([N+](=O)[O-])cc2C1=O)c1ccccc1. The quantitative estimate of drug-likeness (QED) is 0.258. The number of hydrogen-bond acceptors (Lipinski definition) is 7. The van der Waals surface area contributed by atoms with Crippen molar-refractivity contribution in [3.63, 3.8) is 0 Å². The molecule has 3 aromatic carbocycles. The van der Waals surface area contributed by atoms with E-state index in [1.165, 1.54) is 17.0 Å². The number of non-ortho nitro benzene ring substituents is 1. The third-order valence-electron chi connectivity index (χ3n) is 6.07. The molecule has 38 heavy (non-hydrogen) atoms. The largest absolute Gasteiger partial charge is 0.483 e. The second-order valence-electron chi connectivity index (χ2n) is 8.68. The maximum absolute atomic E-state index is 13.5. The third kappa shape index (κ3) is 6.33. The minimum atomic E-state index is -0.667. The Labute approximate surface area is 219 Å². The molecular formula is C28H27N3O7. The van der Waals surface area contributed by atoms with Crippen LogP contribution >= 0.6 is 0 Å². The normalized spacial score (nSPS) is 15.4. The van der Waals surface area contributed by atoms with Crippen LogP contribution in [0.2, 0.25) is 0 Å². The fourth-order valence-electron chi connectivity index (χ4n) is 4.26. The molecule has 10 nitrogen and oxygen atoms in total. The van der Waals surface area contributed by atoms with E-state index in [2.05, 4.69) is 5.32 Å². The van der Waals surface area contributed by atoms with Crippen molar-refractivity contribution in [3.05, 3.63) is 106 Å². The fraction of sp³-hybridized carbons (Fsp3) is 0.250. The Morgan fingerprint density at radius 3 is 2.45 bits per heavy atom. The van der Waals surface area contributed by atoms with Crippen LogP contribution in [0.4, 0.5) is 5.69 Å². The first kappa shape index (κ1) is 26.3. The molecule has 0 aromatic heterocycles. The molecular weight excluding hydrogens is 490 g/mol. The summed E-state index contributed by atoms with van der Waals surface area (Å²) in [6.45, 7) is 1.60. The lowest BCUT2D eigenvalue weighted by Crippen LogP contribution is -2.43. The number of ether oxygens (including phenoxy) is 2. The topological polar surface area (TPSA) is 128 Å². The van der Waals surface area contributed by atoms with Gasteiger partial charge in [0.15, 0.2) is 0 Å². The molecule has 196 valence electrons. The molecule has 3 aromatic rings. The highest BCUT2D eigenvalue weighted by Crippen LogP contribution is 2.33. The molecule has 0 aliphatic carbocycles. The first-order chi connectivity index (χ1) is 18.4. The molecule has 0 bridgehead atoms. The van der Waals surface area contributed by atoms with E-state index in [4.69, 9.17) is 9.47 Å². The molecule has 0 fully saturated rings. The van der Waals surface area contributed by atoms with Crippen LogP contribution in [0.5, 0.6) is 5.75 Å². The average molecular weight is 518 g/mol. The first-order valence-electron chi connectivity index (χ1n) is 12.1. The second-order valence-corrected chi connectivity index (χ2v) is 8.68. The maximum atomic E-state index is 13.5. The van der Waals surface area contributed by atoms with Gasteiger partial charge >= 0.3 is 5.97 Å². The molecule has 0 radical (unpaired) electrons. The smallest absolute Gasteiger partial charge is 0.308 e. The zero-order valence-corrected chi connectivity index (χ0v) is 20.7. The van der Waals surface area contributed by atoms with Crippen molar-refractivity contribution < 1.29 is 28.8 Å². The molecule has 0 saturated carbocycles. The number of nitro benzene ring substituents is 1. The van der Waals surface area contributed by atoms with Gasteiger partial charge in [-0.3, -0.25) is 24.5 Å². The van der Waals surface area contributed by atoms with Gasteiger partial charge in [0.25, 0.3) is 11.6 Å². The van der Waals surface area contributed by atoms with E-state index in [1.54, 1.807) is 31.2 Å². The standard InChI is InChI=1S/C28H27N3O7/c1-2-37-27(33)16-23(19-9-5-3-6-10-19)29-26(32)18-30-17-25(20-11-7-4-8-12-20)38-24-14-13-21(31(35)36)15-22(24)28(30)34/h3-15,23,25H,2,16-18H2,1H3,(H,29,32). The van der Waals surface area contributed by atoms with E-state index in [1.807, 2.05) is 36.4 Å². The highest BCUT2D eigenvalue weighted by Gasteiger charge is 2.33. The van der Waals surface area contributed by atoms with Crippen molar-refractivity contribution in [2.75, 3.05) is 19.7 Å². The molecule has 1 aliphatic rings. The van der Waals surface area contributed by atoms with Crippen LogP contribution in [-0.2, 0) is 14.3 Å². The van der Waals surface area contributed by atoms with Gasteiger partial charge in [0.1, 0.15) is 18.4 Å². The second kappa shape index (κ2) is 12.0.